The maximum absolute atomic E-state index is 12.0. The van der Waals surface area contributed by atoms with Crippen LogP contribution < -0.4 is 0 Å². The Kier molecular flexibility index (Phi) is 5.53. The van der Waals surface area contributed by atoms with Gasteiger partial charge in [0, 0.05) is 31.4 Å². The molecule has 0 N–H and O–H groups in total. The first-order valence-electron chi connectivity index (χ1n) is 7.45. The van der Waals surface area contributed by atoms with E-state index in [0.717, 1.165) is 31.6 Å². The number of hydrogen-bond donors (Lipinski definition) is 0. The summed E-state index contributed by atoms with van der Waals surface area (Å²) in [6.07, 6.45) is 4.41. The van der Waals surface area contributed by atoms with Crippen molar-refractivity contribution in [3.63, 3.8) is 0 Å². The van der Waals surface area contributed by atoms with Crippen LogP contribution in [0, 0.1) is 6.92 Å². The van der Waals surface area contributed by atoms with Crippen LogP contribution in [0.1, 0.15) is 43.4 Å². The van der Waals surface area contributed by atoms with Crippen molar-refractivity contribution in [2.45, 2.75) is 39.0 Å². The Hall–Kier alpha value is -1.42. The van der Waals surface area contributed by atoms with Crippen LogP contribution in [0.2, 0.25) is 0 Å². The monoisotopic (exact) mass is 276 g/mol. The topological polar surface area (TPSA) is 42.4 Å². The minimum atomic E-state index is 0.262. The molecule has 1 atom stereocenters. The molecule has 110 valence electrons. The first-order chi connectivity index (χ1) is 9.68. The van der Waals surface area contributed by atoms with Crippen molar-refractivity contribution < 1.29 is 9.53 Å². The molecule has 1 amide bonds. The second kappa shape index (κ2) is 7.39. The molecule has 1 aliphatic rings. The first-order valence-corrected chi connectivity index (χ1v) is 7.45. The Balaban J connectivity index is 1.75. The van der Waals surface area contributed by atoms with Crippen LogP contribution in [0.5, 0.6) is 0 Å². The quantitative estimate of drug-likeness (QED) is 0.830. The third kappa shape index (κ3) is 4.04. The van der Waals surface area contributed by atoms with Gasteiger partial charge in [-0.1, -0.05) is 13.0 Å². The fourth-order valence-corrected chi connectivity index (χ4v) is 2.68. The average molecular weight is 276 g/mol. The largest absolute Gasteiger partial charge is 0.378 e. The van der Waals surface area contributed by atoms with E-state index in [4.69, 9.17) is 4.74 Å². The lowest BCUT2D eigenvalue weighted by atomic mass is 9.96. The van der Waals surface area contributed by atoms with Crippen molar-refractivity contribution in [1.29, 1.82) is 0 Å². The number of amides is 1. The lowest BCUT2D eigenvalue weighted by Gasteiger charge is -2.27. The summed E-state index contributed by atoms with van der Waals surface area (Å²) in [6.45, 7) is 7.12. The van der Waals surface area contributed by atoms with Crippen molar-refractivity contribution in [2.75, 3.05) is 26.3 Å². The summed E-state index contributed by atoms with van der Waals surface area (Å²) in [6, 6.07) is 4.06. The van der Waals surface area contributed by atoms with Crippen LogP contribution in [0.15, 0.2) is 18.3 Å². The third-order valence-corrected chi connectivity index (χ3v) is 3.91. The van der Waals surface area contributed by atoms with Gasteiger partial charge in [-0.05, 0) is 37.3 Å². The van der Waals surface area contributed by atoms with Gasteiger partial charge in [-0.15, -0.1) is 0 Å². The number of carbonyl (C=O) groups excluding carboxylic acids is 1. The molecule has 0 spiro atoms. The number of nitrogens with zero attached hydrogens (tertiary/aromatic N) is 2. The first kappa shape index (κ1) is 15.0. The number of carbonyl (C=O) groups is 1. The standard InChI is InChI=1S/C16H24N2O2/c1-13(16-14(2)6-4-8-17-16)5-3-7-15(19)18-9-11-20-12-10-18/h4,6,8,13H,3,5,7,9-12H2,1-2H3. The van der Waals surface area contributed by atoms with Crippen molar-refractivity contribution in [1.82, 2.24) is 9.88 Å². The van der Waals surface area contributed by atoms with Crippen LogP contribution in [0.3, 0.4) is 0 Å². The van der Waals surface area contributed by atoms with E-state index in [2.05, 4.69) is 24.9 Å². The zero-order valence-corrected chi connectivity index (χ0v) is 12.5. The van der Waals surface area contributed by atoms with Gasteiger partial charge in [-0.3, -0.25) is 9.78 Å². The van der Waals surface area contributed by atoms with E-state index in [-0.39, 0.29) is 5.91 Å². The molecule has 20 heavy (non-hydrogen) atoms. The summed E-state index contributed by atoms with van der Waals surface area (Å²) in [5.74, 6) is 0.673. The van der Waals surface area contributed by atoms with Crippen molar-refractivity contribution in [2.24, 2.45) is 0 Å². The van der Waals surface area contributed by atoms with Gasteiger partial charge < -0.3 is 9.64 Å². The van der Waals surface area contributed by atoms with Gasteiger partial charge in [0.1, 0.15) is 0 Å². The van der Waals surface area contributed by atoms with Gasteiger partial charge in [-0.2, -0.15) is 0 Å². The Morgan fingerprint density at radius 2 is 2.20 bits per heavy atom. The summed E-state index contributed by atoms with van der Waals surface area (Å²) < 4.78 is 5.26. The third-order valence-electron chi connectivity index (χ3n) is 3.91. The van der Waals surface area contributed by atoms with Crippen molar-refractivity contribution in [3.05, 3.63) is 29.6 Å². The second-order valence-corrected chi connectivity index (χ2v) is 5.49. The molecule has 1 aromatic heterocycles. The van der Waals surface area contributed by atoms with E-state index < -0.39 is 0 Å². The number of morpholine rings is 1. The molecular weight excluding hydrogens is 252 g/mol. The van der Waals surface area contributed by atoms with Gasteiger partial charge in [0.05, 0.1) is 13.2 Å². The summed E-state index contributed by atoms with van der Waals surface area (Å²) in [7, 11) is 0. The summed E-state index contributed by atoms with van der Waals surface area (Å²) in [4.78, 5) is 18.4. The fourth-order valence-electron chi connectivity index (χ4n) is 2.68. The summed E-state index contributed by atoms with van der Waals surface area (Å²) >= 11 is 0. The van der Waals surface area contributed by atoms with Crippen LogP contribution >= 0.6 is 0 Å². The molecule has 1 aromatic rings. The Morgan fingerprint density at radius 1 is 1.45 bits per heavy atom. The molecule has 1 fully saturated rings. The minimum absolute atomic E-state index is 0.262. The predicted octanol–water partition coefficient (Wildman–Crippen LogP) is 2.52. The van der Waals surface area contributed by atoms with Gasteiger partial charge in [-0.25, -0.2) is 0 Å². The predicted molar refractivity (Wildman–Crippen MR) is 78.6 cm³/mol. The highest BCUT2D eigenvalue weighted by atomic mass is 16.5. The van der Waals surface area contributed by atoms with Crippen molar-refractivity contribution in [3.8, 4) is 0 Å². The second-order valence-electron chi connectivity index (χ2n) is 5.49. The van der Waals surface area contributed by atoms with E-state index in [1.807, 2.05) is 17.2 Å². The van der Waals surface area contributed by atoms with Crippen LogP contribution in [0.25, 0.3) is 0 Å². The number of aromatic nitrogens is 1. The number of pyridine rings is 1. The van der Waals surface area contributed by atoms with Gasteiger partial charge >= 0.3 is 0 Å². The van der Waals surface area contributed by atoms with Crippen LogP contribution in [-0.2, 0) is 9.53 Å². The van der Waals surface area contributed by atoms with Crippen LogP contribution in [0.4, 0.5) is 0 Å². The average Bonchev–Trinajstić information content (AvgIpc) is 2.48. The highest BCUT2D eigenvalue weighted by Crippen LogP contribution is 2.22. The maximum Gasteiger partial charge on any atom is 0.222 e. The highest BCUT2D eigenvalue weighted by Gasteiger charge is 2.17. The smallest absolute Gasteiger partial charge is 0.222 e. The Bertz CT molecular complexity index is 442. The van der Waals surface area contributed by atoms with E-state index in [1.54, 1.807) is 0 Å². The van der Waals surface area contributed by atoms with E-state index in [0.29, 0.717) is 25.6 Å². The van der Waals surface area contributed by atoms with Crippen LogP contribution in [-0.4, -0.2) is 42.1 Å². The molecule has 2 heterocycles. The summed E-state index contributed by atoms with van der Waals surface area (Å²) in [5.41, 5.74) is 2.39. The molecular formula is C16H24N2O2. The maximum atomic E-state index is 12.0. The Labute approximate surface area is 121 Å². The molecule has 1 unspecified atom stereocenters. The number of rotatable bonds is 5. The lowest BCUT2D eigenvalue weighted by molar-refractivity contribution is -0.135. The minimum Gasteiger partial charge on any atom is -0.378 e. The molecule has 0 bridgehead atoms. The molecule has 0 aromatic carbocycles. The zero-order valence-electron chi connectivity index (χ0n) is 12.5. The normalized spacial score (nSPS) is 17.0. The molecule has 1 aliphatic heterocycles. The number of aryl methyl sites for hydroxylation is 1. The zero-order chi connectivity index (χ0) is 14.4. The molecule has 0 radical (unpaired) electrons. The SMILES string of the molecule is Cc1cccnc1C(C)CCCC(=O)N1CCOCC1. The molecule has 4 heteroatoms. The number of hydrogen-bond acceptors (Lipinski definition) is 3. The van der Waals surface area contributed by atoms with Gasteiger partial charge in [0.25, 0.3) is 0 Å². The van der Waals surface area contributed by atoms with E-state index in [9.17, 15) is 4.79 Å². The Morgan fingerprint density at radius 3 is 2.90 bits per heavy atom. The van der Waals surface area contributed by atoms with E-state index >= 15 is 0 Å². The van der Waals surface area contributed by atoms with E-state index in [1.165, 1.54) is 5.56 Å². The van der Waals surface area contributed by atoms with Crippen molar-refractivity contribution >= 4 is 5.91 Å². The van der Waals surface area contributed by atoms with Gasteiger partial charge in [0.15, 0.2) is 0 Å². The summed E-state index contributed by atoms with van der Waals surface area (Å²) in [5, 5.41) is 0. The highest BCUT2D eigenvalue weighted by molar-refractivity contribution is 5.76. The lowest BCUT2D eigenvalue weighted by Crippen LogP contribution is -2.40. The molecule has 1 saturated heterocycles. The molecule has 0 saturated carbocycles. The molecule has 2 rings (SSSR count). The molecule has 4 nitrogen and oxygen atoms in total. The molecule has 0 aliphatic carbocycles. The fraction of sp³-hybridized carbons (Fsp3) is 0.625. The number of ether oxygens (including phenoxy) is 1. The van der Waals surface area contributed by atoms with Gasteiger partial charge in [0.2, 0.25) is 5.91 Å².